The van der Waals surface area contributed by atoms with E-state index in [1.54, 1.807) is 36.4 Å². The van der Waals surface area contributed by atoms with Crippen molar-refractivity contribution in [1.82, 2.24) is 0 Å². The van der Waals surface area contributed by atoms with Crippen LogP contribution in [0.4, 0.5) is 11.4 Å². The second-order valence-electron chi connectivity index (χ2n) is 7.94. The quantitative estimate of drug-likeness (QED) is 0.103. The lowest BCUT2D eigenvalue weighted by Crippen LogP contribution is -2.09. The Labute approximate surface area is 221 Å². The van der Waals surface area contributed by atoms with E-state index in [-0.39, 0.29) is 6.47 Å². The average Bonchev–Trinajstić information content (AvgIpc) is 2.91. The number of benzene rings is 3. The fraction of sp³-hybridized carbons (Fsp3) is 0.207. The van der Waals surface area contributed by atoms with E-state index in [4.69, 9.17) is 40.8 Å². The van der Waals surface area contributed by atoms with Crippen LogP contribution in [0.15, 0.2) is 66.7 Å². The fourth-order valence-electron chi connectivity index (χ4n) is 3.36. The summed E-state index contributed by atoms with van der Waals surface area (Å²) in [6.45, 7) is 0.199. The molecule has 9 heteroatoms. The lowest BCUT2D eigenvalue weighted by molar-refractivity contribution is -0.122. The summed E-state index contributed by atoms with van der Waals surface area (Å²) in [6, 6.07) is 19.7. The first kappa shape index (κ1) is 29.3. The van der Waals surface area contributed by atoms with Gasteiger partial charge in [-0.2, -0.15) is 5.26 Å². The third-order valence-corrected chi connectivity index (χ3v) is 5.24. The number of ether oxygens (including phenoxy) is 3. The molecule has 0 aliphatic rings. The molecule has 0 saturated heterocycles. The predicted molar refractivity (Wildman–Crippen MR) is 146 cm³/mol. The molecule has 0 bridgehead atoms. The highest BCUT2D eigenvalue weighted by atomic mass is 16.6. The summed E-state index contributed by atoms with van der Waals surface area (Å²) in [6.07, 6.45) is 6.75. The molecule has 0 aliphatic heterocycles. The summed E-state index contributed by atoms with van der Waals surface area (Å²) in [5.41, 5.74) is 15.5. The number of rotatable bonds is 11. The van der Waals surface area contributed by atoms with E-state index >= 15 is 0 Å². The van der Waals surface area contributed by atoms with Gasteiger partial charge in [0, 0.05) is 17.8 Å². The molecule has 0 spiro atoms. The minimum Gasteiger partial charge on any atom is -0.494 e. The summed E-state index contributed by atoms with van der Waals surface area (Å²) in [5, 5.41) is 15.5. The van der Waals surface area contributed by atoms with Gasteiger partial charge in [0.1, 0.15) is 5.75 Å². The number of aryl methyl sites for hydroxylation is 1. The van der Waals surface area contributed by atoms with Crippen LogP contribution in [0.3, 0.4) is 0 Å². The van der Waals surface area contributed by atoms with Gasteiger partial charge in [0.05, 0.1) is 25.3 Å². The highest BCUT2D eigenvalue weighted by Gasteiger charge is 2.13. The Morgan fingerprint density at radius 3 is 2.45 bits per heavy atom. The summed E-state index contributed by atoms with van der Waals surface area (Å²) in [5.74, 6) is 0.929. The number of nitrogen functional groups attached to an aromatic ring is 2. The molecular formula is C29H31N3O6. The summed E-state index contributed by atoms with van der Waals surface area (Å²) < 4.78 is 16.5. The van der Waals surface area contributed by atoms with Crippen molar-refractivity contribution >= 4 is 29.9 Å². The monoisotopic (exact) mass is 517 g/mol. The molecule has 9 nitrogen and oxygen atoms in total. The number of carboxylic acid groups (broad SMARTS) is 1. The van der Waals surface area contributed by atoms with Gasteiger partial charge in [0.25, 0.3) is 6.47 Å². The normalized spacial score (nSPS) is 10.1. The Kier molecular flexibility index (Phi) is 12.3. The van der Waals surface area contributed by atoms with Crippen LogP contribution in [0.5, 0.6) is 17.2 Å². The second kappa shape index (κ2) is 15.9. The molecule has 0 aliphatic carbocycles. The maximum absolute atomic E-state index is 12.6. The molecule has 3 rings (SSSR count). The van der Waals surface area contributed by atoms with E-state index in [1.807, 2.05) is 30.3 Å². The van der Waals surface area contributed by atoms with Crippen LogP contribution in [0.2, 0.25) is 0 Å². The highest BCUT2D eigenvalue weighted by molar-refractivity contribution is 5.91. The van der Waals surface area contributed by atoms with Crippen molar-refractivity contribution < 1.29 is 28.9 Å². The SMILES string of the molecule is COc1cc(/C=C/CCc2ccc(N)cc2N)ccc1OC(=O)c1ccc(OCCCC#N)cc1.O=CO. The van der Waals surface area contributed by atoms with Gasteiger partial charge in [-0.05, 0) is 78.9 Å². The molecule has 3 aromatic rings. The van der Waals surface area contributed by atoms with E-state index in [9.17, 15) is 4.79 Å². The van der Waals surface area contributed by atoms with Crippen LogP contribution in [0.25, 0.3) is 6.08 Å². The highest BCUT2D eigenvalue weighted by Crippen LogP contribution is 2.30. The number of carbonyl (C=O) groups excluding carboxylic acids is 1. The van der Waals surface area contributed by atoms with Crippen molar-refractivity contribution in [2.45, 2.75) is 25.7 Å². The van der Waals surface area contributed by atoms with Gasteiger partial charge in [-0.25, -0.2) is 4.79 Å². The van der Waals surface area contributed by atoms with Gasteiger partial charge in [-0.1, -0.05) is 24.3 Å². The van der Waals surface area contributed by atoms with Gasteiger partial charge in [0.15, 0.2) is 11.5 Å². The van der Waals surface area contributed by atoms with Gasteiger partial charge in [0.2, 0.25) is 0 Å². The Morgan fingerprint density at radius 1 is 1.05 bits per heavy atom. The minimum absolute atomic E-state index is 0.250. The van der Waals surface area contributed by atoms with Gasteiger partial charge >= 0.3 is 5.97 Å². The molecule has 0 saturated carbocycles. The summed E-state index contributed by atoms with van der Waals surface area (Å²) in [7, 11) is 1.53. The molecule has 38 heavy (non-hydrogen) atoms. The number of allylic oxidation sites excluding steroid dienone is 1. The first-order chi connectivity index (χ1) is 18.4. The van der Waals surface area contributed by atoms with Crippen molar-refractivity contribution in [3.05, 3.63) is 83.4 Å². The number of anilines is 2. The number of hydrogen-bond acceptors (Lipinski definition) is 8. The smallest absolute Gasteiger partial charge is 0.343 e. The van der Waals surface area contributed by atoms with Crippen LogP contribution in [0.1, 0.15) is 40.7 Å². The number of hydrogen-bond donors (Lipinski definition) is 3. The number of methoxy groups -OCH3 is 1. The molecule has 0 atom stereocenters. The van der Waals surface area contributed by atoms with Gasteiger partial charge in [-0.3, -0.25) is 4.79 Å². The number of nitriles is 1. The van der Waals surface area contributed by atoms with Crippen LogP contribution < -0.4 is 25.7 Å². The minimum atomic E-state index is -0.497. The van der Waals surface area contributed by atoms with E-state index in [1.165, 1.54) is 7.11 Å². The molecule has 0 heterocycles. The maximum atomic E-state index is 12.6. The standard InChI is InChI=1S/C28H29N3O4.CH2O2/c1-33-27-18-20(6-2-3-7-21-9-12-23(30)19-25(21)31)8-15-26(27)35-28(32)22-10-13-24(14-11-22)34-17-5-4-16-29;2-1-3/h2,6,8-15,18-19H,3-5,7,17,30-31H2,1H3;1H,(H,2,3)/b6-2+;. The third kappa shape index (κ3) is 9.59. The van der Waals surface area contributed by atoms with Gasteiger partial charge in [-0.15, -0.1) is 0 Å². The van der Waals surface area contributed by atoms with E-state index in [0.29, 0.717) is 53.6 Å². The molecule has 198 valence electrons. The van der Waals surface area contributed by atoms with Crippen molar-refractivity contribution in [1.29, 1.82) is 5.26 Å². The molecule has 0 unspecified atom stereocenters. The van der Waals surface area contributed by atoms with Crippen LogP contribution in [-0.2, 0) is 11.2 Å². The first-order valence-electron chi connectivity index (χ1n) is 11.8. The third-order valence-electron chi connectivity index (χ3n) is 5.24. The van der Waals surface area contributed by atoms with Crippen molar-refractivity contribution in [3.63, 3.8) is 0 Å². The Hall–Kier alpha value is -4.97. The Morgan fingerprint density at radius 2 is 1.79 bits per heavy atom. The molecule has 5 N–H and O–H groups in total. The van der Waals surface area contributed by atoms with Crippen molar-refractivity contribution in [2.24, 2.45) is 0 Å². The zero-order chi connectivity index (χ0) is 27.8. The van der Waals surface area contributed by atoms with Crippen LogP contribution in [0, 0.1) is 11.3 Å². The van der Waals surface area contributed by atoms with E-state index in [0.717, 1.165) is 24.0 Å². The molecule has 0 aromatic heterocycles. The van der Waals surface area contributed by atoms with Gasteiger partial charge < -0.3 is 30.8 Å². The Bertz CT molecular complexity index is 1270. The fourth-order valence-corrected chi connectivity index (χ4v) is 3.36. The molecule has 0 radical (unpaired) electrons. The topological polar surface area (TPSA) is 158 Å². The van der Waals surface area contributed by atoms with Crippen molar-refractivity contribution in [3.8, 4) is 23.3 Å². The zero-order valence-electron chi connectivity index (χ0n) is 21.1. The molecule has 0 fully saturated rings. The Balaban J connectivity index is 0.00000161. The summed E-state index contributed by atoms with van der Waals surface area (Å²) >= 11 is 0. The molecule has 3 aromatic carbocycles. The average molecular weight is 518 g/mol. The molecular weight excluding hydrogens is 486 g/mol. The zero-order valence-corrected chi connectivity index (χ0v) is 21.1. The van der Waals surface area contributed by atoms with E-state index in [2.05, 4.69) is 12.1 Å². The lowest BCUT2D eigenvalue weighted by Gasteiger charge is -2.11. The number of carbonyl (C=O) groups is 2. The lowest BCUT2D eigenvalue weighted by atomic mass is 10.1. The molecule has 0 amide bonds. The number of esters is 1. The number of nitrogens with zero attached hydrogens (tertiary/aromatic N) is 1. The first-order valence-corrected chi connectivity index (χ1v) is 11.8. The van der Waals surface area contributed by atoms with E-state index < -0.39 is 5.97 Å². The number of nitrogens with two attached hydrogens (primary N) is 2. The predicted octanol–water partition coefficient (Wildman–Crippen LogP) is 5.11. The van der Waals surface area contributed by atoms with Crippen LogP contribution in [-0.4, -0.2) is 31.3 Å². The largest absolute Gasteiger partial charge is 0.494 e. The number of unbranched alkanes of at least 4 members (excludes halogenated alkanes) is 1. The van der Waals surface area contributed by atoms with Crippen LogP contribution >= 0.6 is 0 Å². The van der Waals surface area contributed by atoms with Crippen molar-refractivity contribution in [2.75, 3.05) is 25.2 Å². The maximum Gasteiger partial charge on any atom is 0.343 e. The summed E-state index contributed by atoms with van der Waals surface area (Å²) in [4.78, 5) is 20.9. The second-order valence-corrected chi connectivity index (χ2v) is 7.94.